The molecular formula is C36H38N4O4. The molecule has 8 heteroatoms. The van der Waals surface area contributed by atoms with E-state index >= 15 is 0 Å². The molecule has 4 rings (SSSR count). The summed E-state index contributed by atoms with van der Waals surface area (Å²) in [5.74, 6) is -1.07. The van der Waals surface area contributed by atoms with Gasteiger partial charge in [0.2, 0.25) is 5.91 Å². The van der Waals surface area contributed by atoms with Crippen LogP contribution < -0.4 is 10.6 Å². The number of anilines is 1. The first-order valence-corrected chi connectivity index (χ1v) is 14.5. The second kappa shape index (κ2) is 13.9. The predicted octanol–water partition coefficient (Wildman–Crippen LogP) is 6.62. The van der Waals surface area contributed by atoms with E-state index in [4.69, 9.17) is 4.74 Å². The van der Waals surface area contributed by atoms with Crippen molar-refractivity contribution in [1.29, 1.82) is 5.26 Å². The molecule has 3 amide bonds. The van der Waals surface area contributed by atoms with Crippen molar-refractivity contribution in [1.82, 2.24) is 10.2 Å². The average molecular weight is 591 g/mol. The number of alkyl carbamates (subject to hydrolysis) is 1. The molecule has 2 unspecified atom stereocenters. The zero-order valence-corrected chi connectivity index (χ0v) is 25.8. The number of hydrogen-bond donors (Lipinski definition) is 2. The molecule has 0 aliphatic carbocycles. The van der Waals surface area contributed by atoms with Gasteiger partial charge in [-0.05, 0) is 68.7 Å². The van der Waals surface area contributed by atoms with Gasteiger partial charge in [0.25, 0.3) is 5.91 Å². The first-order chi connectivity index (χ1) is 20.9. The summed E-state index contributed by atoms with van der Waals surface area (Å²) < 4.78 is 5.47. The SMILES string of the molecule is Cc1cc(C)cc(C(C(=O)Nc2ccc3ccccc3c2)N(CC#N)C(=O)C(Cc2ccccc2)NC(=O)OC(C)(C)C)c1. The quantitative estimate of drug-likeness (QED) is 0.213. The van der Waals surface area contributed by atoms with Crippen LogP contribution in [0.25, 0.3) is 10.8 Å². The summed E-state index contributed by atoms with van der Waals surface area (Å²) in [5, 5.41) is 17.5. The number of carbonyl (C=O) groups excluding carboxylic acids is 3. The van der Waals surface area contributed by atoms with E-state index in [2.05, 4.69) is 16.7 Å². The van der Waals surface area contributed by atoms with Crippen LogP contribution in [0, 0.1) is 25.2 Å². The topological polar surface area (TPSA) is 112 Å². The minimum Gasteiger partial charge on any atom is -0.444 e. The molecule has 0 spiro atoms. The Morgan fingerprint density at radius 1 is 0.864 bits per heavy atom. The van der Waals surface area contributed by atoms with Crippen molar-refractivity contribution >= 4 is 34.4 Å². The number of nitrogens with zero attached hydrogens (tertiary/aromatic N) is 2. The number of hydrogen-bond acceptors (Lipinski definition) is 5. The van der Waals surface area contributed by atoms with Crippen LogP contribution in [0.3, 0.4) is 0 Å². The standard InChI is InChI=1S/C36H38N4O4/c1-24-19-25(2)21-29(20-24)32(33(41)38-30-16-15-27-13-9-10-14-28(27)23-30)40(18-17-37)34(42)31(22-26-11-7-6-8-12-26)39-35(43)44-36(3,4)5/h6-16,19-21,23,31-32H,18,22H2,1-5H3,(H,38,41)(H,39,43). The van der Waals surface area contributed by atoms with Gasteiger partial charge in [-0.2, -0.15) is 5.26 Å². The molecule has 8 nitrogen and oxygen atoms in total. The lowest BCUT2D eigenvalue weighted by atomic mass is 9.97. The number of fused-ring (bicyclic) bond motifs is 1. The van der Waals surface area contributed by atoms with E-state index in [0.717, 1.165) is 27.5 Å². The molecule has 226 valence electrons. The van der Waals surface area contributed by atoms with Gasteiger partial charge in [-0.15, -0.1) is 0 Å². The zero-order chi connectivity index (χ0) is 31.9. The van der Waals surface area contributed by atoms with Crippen LogP contribution in [-0.4, -0.2) is 41.0 Å². The molecule has 0 saturated carbocycles. The molecule has 2 N–H and O–H groups in total. The molecule has 0 aliphatic rings. The third kappa shape index (κ3) is 8.45. The second-order valence-corrected chi connectivity index (χ2v) is 11.9. The molecule has 0 heterocycles. The first kappa shape index (κ1) is 31.8. The van der Waals surface area contributed by atoms with Crippen molar-refractivity contribution in [3.63, 3.8) is 0 Å². The largest absolute Gasteiger partial charge is 0.444 e. The highest BCUT2D eigenvalue weighted by molar-refractivity contribution is 6.00. The lowest BCUT2D eigenvalue weighted by Gasteiger charge is -2.33. The maximum atomic E-state index is 14.4. The maximum Gasteiger partial charge on any atom is 0.408 e. The van der Waals surface area contributed by atoms with E-state index in [9.17, 15) is 19.6 Å². The van der Waals surface area contributed by atoms with Crippen LogP contribution in [0.1, 0.15) is 49.1 Å². The molecule has 4 aromatic rings. The van der Waals surface area contributed by atoms with E-state index < -0.39 is 35.6 Å². The highest BCUT2D eigenvalue weighted by atomic mass is 16.6. The van der Waals surface area contributed by atoms with Crippen molar-refractivity contribution in [2.45, 2.75) is 58.7 Å². The second-order valence-electron chi connectivity index (χ2n) is 11.9. The molecular weight excluding hydrogens is 552 g/mol. The van der Waals surface area contributed by atoms with Gasteiger partial charge in [0.05, 0.1) is 6.07 Å². The van der Waals surface area contributed by atoms with Gasteiger partial charge in [-0.3, -0.25) is 9.59 Å². The van der Waals surface area contributed by atoms with Gasteiger partial charge in [0, 0.05) is 12.1 Å². The molecule has 44 heavy (non-hydrogen) atoms. The van der Waals surface area contributed by atoms with E-state index in [1.807, 2.05) is 98.8 Å². The highest BCUT2D eigenvalue weighted by Gasteiger charge is 2.36. The normalized spacial score (nSPS) is 12.5. The summed E-state index contributed by atoms with van der Waals surface area (Å²) in [6.45, 7) is 8.63. The number of benzene rings is 4. The molecule has 0 saturated heterocycles. The van der Waals surface area contributed by atoms with Crippen molar-refractivity contribution in [2.24, 2.45) is 0 Å². The van der Waals surface area contributed by atoms with Gasteiger partial charge in [-0.25, -0.2) is 4.79 Å². The Bertz CT molecular complexity index is 1670. The van der Waals surface area contributed by atoms with Crippen LogP contribution in [0.2, 0.25) is 0 Å². The zero-order valence-electron chi connectivity index (χ0n) is 25.8. The van der Waals surface area contributed by atoms with Gasteiger partial charge >= 0.3 is 6.09 Å². The Balaban J connectivity index is 1.75. The van der Waals surface area contributed by atoms with Crippen LogP contribution in [0.4, 0.5) is 10.5 Å². The number of rotatable bonds is 9. The fraction of sp³-hybridized carbons (Fsp3) is 0.278. The Kier molecular flexibility index (Phi) is 10.0. The summed E-state index contributed by atoms with van der Waals surface area (Å²) in [6, 6.07) is 28.1. The fourth-order valence-corrected chi connectivity index (χ4v) is 5.19. The van der Waals surface area contributed by atoms with Crippen molar-refractivity contribution < 1.29 is 19.1 Å². The van der Waals surface area contributed by atoms with Crippen molar-refractivity contribution in [3.05, 3.63) is 113 Å². The van der Waals surface area contributed by atoms with Crippen molar-refractivity contribution in [2.75, 3.05) is 11.9 Å². The summed E-state index contributed by atoms with van der Waals surface area (Å²) in [5.41, 5.74) is 2.92. The Labute approximate surface area is 258 Å². The smallest absolute Gasteiger partial charge is 0.408 e. The summed E-state index contributed by atoms with van der Waals surface area (Å²) >= 11 is 0. The van der Waals surface area contributed by atoms with E-state index in [0.29, 0.717) is 11.3 Å². The fourth-order valence-electron chi connectivity index (χ4n) is 5.19. The third-order valence-corrected chi connectivity index (χ3v) is 6.93. The number of ether oxygens (including phenoxy) is 1. The van der Waals surface area contributed by atoms with E-state index in [1.54, 1.807) is 26.8 Å². The summed E-state index contributed by atoms with van der Waals surface area (Å²) in [6.07, 6.45) is -0.639. The van der Waals surface area contributed by atoms with Crippen LogP contribution in [0.5, 0.6) is 0 Å². The lowest BCUT2D eigenvalue weighted by Crippen LogP contribution is -2.53. The molecule has 0 fully saturated rings. The van der Waals surface area contributed by atoms with Gasteiger partial charge in [-0.1, -0.05) is 90.0 Å². The highest BCUT2D eigenvalue weighted by Crippen LogP contribution is 2.28. The first-order valence-electron chi connectivity index (χ1n) is 14.5. The molecule has 2 atom stereocenters. The summed E-state index contributed by atoms with van der Waals surface area (Å²) in [4.78, 5) is 42.7. The van der Waals surface area contributed by atoms with Gasteiger partial charge < -0.3 is 20.3 Å². The number of amides is 3. The van der Waals surface area contributed by atoms with E-state index in [-0.39, 0.29) is 13.0 Å². The Morgan fingerprint density at radius 3 is 2.14 bits per heavy atom. The Hall–Kier alpha value is -5.16. The minimum atomic E-state index is -1.16. The van der Waals surface area contributed by atoms with E-state index in [1.165, 1.54) is 4.90 Å². The molecule has 4 aromatic carbocycles. The van der Waals surface area contributed by atoms with Crippen LogP contribution in [-0.2, 0) is 20.7 Å². The van der Waals surface area contributed by atoms with Crippen molar-refractivity contribution in [3.8, 4) is 6.07 Å². The lowest BCUT2D eigenvalue weighted by molar-refractivity contribution is -0.140. The van der Waals surface area contributed by atoms with Crippen LogP contribution >= 0.6 is 0 Å². The van der Waals surface area contributed by atoms with Gasteiger partial charge in [0.1, 0.15) is 24.2 Å². The molecule has 0 radical (unpaired) electrons. The average Bonchev–Trinajstić information content (AvgIpc) is 2.95. The number of nitrogens with one attached hydrogen (secondary N) is 2. The molecule has 0 aromatic heterocycles. The van der Waals surface area contributed by atoms with Crippen LogP contribution in [0.15, 0.2) is 91.0 Å². The number of nitriles is 1. The third-order valence-electron chi connectivity index (χ3n) is 6.93. The Morgan fingerprint density at radius 2 is 1.50 bits per heavy atom. The molecule has 0 bridgehead atoms. The monoisotopic (exact) mass is 590 g/mol. The predicted molar refractivity (Wildman–Crippen MR) is 172 cm³/mol. The number of carbonyl (C=O) groups is 3. The minimum absolute atomic E-state index is 0.132. The summed E-state index contributed by atoms with van der Waals surface area (Å²) in [7, 11) is 0. The number of aryl methyl sites for hydroxylation is 2. The molecule has 0 aliphatic heterocycles. The van der Waals surface area contributed by atoms with Gasteiger partial charge in [0.15, 0.2) is 0 Å². The maximum absolute atomic E-state index is 14.4.